The fourth-order valence-corrected chi connectivity index (χ4v) is 6.47. The van der Waals surface area contributed by atoms with Gasteiger partial charge in [0.15, 0.2) is 0 Å². The molecule has 0 aliphatic carbocycles. The third-order valence-electron chi connectivity index (χ3n) is 5.61. The van der Waals surface area contributed by atoms with Crippen molar-refractivity contribution in [3.8, 4) is 0 Å². The Morgan fingerprint density at radius 1 is 0.800 bits per heavy atom. The van der Waals surface area contributed by atoms with E-state index in [0.717, 1.165) is 78.2 Å². The summed E-state index contributed by atoms with van der Waals surface area (Å²) in [6.07, 6.45) is 6.72. The van der Waals surface area contributed by atoms with Crippen molar-refractivity contribution >= 4 is 19.5 Å². The molecule has 0 bridgehead atoms. The molecule has 0 aromatic heterocycles. The lowest BCUT2D eigenvalue weighted by Crippen LogP contribution is -2.47. The van der Waals surface area contributed by atoms with Crippen LogP contribution >= 0.6 is 0 Å². The Morgan fingerprint density at radius 3 is 1.56 bits per heavy atom. The SMILES string of the molecule is CCC1(COCCC[SiH2]O[SiH2]CCCOCC2(CC)CCO2)CCO1. The van der Waals surface area contributed by atoms with Gasteiger partial charge in [-0.2, -0.15) is 0 Å². The van der Waals surface area contributed by atoms with E-state index >= 15 is 0 Å². The van der Waals surface area contributed by atoms with Gasteiger partial charge < -0.3 is 23.1 Å². The molecule has 2 saturated heterocycles. The molecule has 0 amide bonds. The standard InChI is InChI=1S/C18H38O5Si2/c1-3-17(7-11-21-17)15-19-9-5-13-24-23-25-14-6-10-20-16-18(4-2)8-12-22-18/h3-16,24-25H2,1-2H3. The fourth-order valence-electron chi connectivity index (χ4n) is 3.21. The zero-order valence-electron chi connectivity index (χ0n) is 16.4. The molecular formula is C18H38O5Si2. The predicted molar refractivity (Wildman–Crippen MR) is 106 cm³/mol. The van der Waals surface area contributed by atoms with Crippen molar-refractivity contribution in [3.05, 3.63) is 0 Å². The second kappa shape index (κ2) is 11.8. The van der Waals surface area contributed by atoms with E-state index in [1.165, 1.54) is 12.1 Å². The first-order chi connectivity index (χ1) is 12.2. The Kier molecular flexibility index (Phi) is 10.2. The van der Waals surface area contributed by atoms with E-state index < -0.39 is 0 Å². The molecule has 0 N–H and O–H groups in total. The number of rotatable bonds is 16. The number of ether oxygens (including phenoxy) is 4. The van der Waals surface area contributed by atoms with Crippen LogP contribution in [-0.2, 0) is 23.1 Å². The van der Waals surface area contributed by atoms with E-state index in [1.807, 2.05) is 0 Å². The largest absolute Gasteiger partial charge is 0.465 e. The van der Waals surface area contributed by atoms with Gasteiger partial charge in [0.05, 0.1) is 37.6 Å². The normalized spacial score (nSPS) is 29.5. The highest BCUT2D eigenvalue weighted by atomic mass is 28.3. The maximum atomic E-state index is 5.95. The minimum absolute atomic E-state index is 0.0461. The van der Waals surface area contributed by atoms with Crippen LogP contribution in [0.1, 0.15) is 52.4 Å². The summed E-state index contributed by atoms with van der Waals surface area (Å²) in [7, 11) is -0.636. The van der Waals surface area contributed by atoms with Crippen molar-refractivity contribution in [1.82, 2.24) is 0 Å². The molecule has 7 heteroatoms. The van der Waals surface area contributed by atoms with Gasteiger partial charge in [0.25, 0.3) is 0 Å². The molecule has 5 nitrogen and oxygen atoms in total. The third kappa shape index (κ3) is 7.40. The van der Waals surface area contributed by atoms with Gasteiger partial charge in [0.1, 0.15) is 19.5 Å². The summed E-state index contributed by atoms with van der Waals surface area (Å²) >= 11 is 0. The smallest absolute Gasteiger partial charge is 0.146 e. The molecule has 2 unspecified atom stereocenters. The number of hydrogen-bond donors (Lipinski definition) is 0. The Labute approximate surface area is 158 Å². The summed E-state index contributed by atoms with van der Waals surface area (Å²) in [5.74, 6) is 0. The van der Waals surface area contributed by atoms with Crippen LogP contribution in [0.4, 0.5) is 0 Å². The van der Waals surface area contributed by atoms with Crippen LogP contribution in [0.15, 0.2) is 0 Å². The van der Waals surface area contributed by atoms with Gasteiger partial charge in [-0.15, -0.1) is 0 Å². The second-order valence-electron chi connectivity index (χ2n) is 7.40. The maximum Gasteiger partial charge on any atom is 0.146 e. The van der Waals surface area contributed by atoms with Crippen molar-refractivity contribution in [2.24, 2.45) is 0 Å². The van der Waals surface area contributed by atoms with Gasteiger partial charge in [-0.25, -0.2) is 0 Å². The zero-order chi connectivity index (χ0) is 17.8. The van der Waals surface area contributed by atoms with Crippen LogP contribution in [0.2, 0.25) is 12.1 Å². The lowest BCUT2D eigenvalue weighted by molar-refractivity contribution is -0.182. The molecule has 2 fully saturated rings. The van der Waals surface area contributed by atoms with E-state index in [9.17, 15) is 0 Å². The van der Waals surface area contributed by atoms with Crippen LogP contribution < -0.4 is 0 Å². The third-order valence-corrected chi connectivity index (χ3v) is 9.49. The van der Waals surface area contributed by atoms with Crippen molar-refractivity contribution in [3.63, 3.8) is 0 Å². The van der Waals surface area contributed by atoms with Crippen molar-refractivity contribution in [2.75, 3.05) is 39.6 Å². The van der Waals surface area contributed by atoms with E-state index in [4.69, 9.17) is 23.1 Å². The van der Waals surface area contributed by atoms with Gasteiger partial charge in [-0.1, -0.05) is 13.8 Å². The van der Waals surface area contributed by atoms with Crippen LogP contribution in [-0.4, -0.2) is 70.4 Å². The first kappa shape index (κ1) is 21.5. The average Bonchev–Trinajstić information content (AvgIpc) is 2.56. The molecule has 0 spiro atoms. The molecule has 2 atom stereocenters. The van der Waals surface area contributed by atoms with E-state index in [-0.39, 0.29) is 30.7 Å². The first-order valence-electron chi connectivity index (χ1n) is 10.3. The highest BCUT2D eigenvalue weighted by molar-refractivity contribution is 6.42. The molecule has 2 rings (SSSR count). The molecule has 2 aliphatic rings. The average molecular weight is 391 g/mol. The van der Waals surface area contributed by atoms with Crippen molar-refractivity contribution < 1.29 is 23.1 Å². The minimum Gasteiger partial charge on any atom is -0.465 e. The van der Waals surface area contributed by atoms with Crippen molar-refractivity contribution in [2.45, 2.75) is 75.7 Å². The monoisotopic (exact) mass is 390 g/mol. The molecule has 25 heavy (non-hydrogen) atoms. The Hall–Kier alpha value is 0.234. The van der Waals surface area contributed by atoms with Gasteiger partial charge in [0.2, 0.25) is 0 Å². The quantitative estimate of drug-likeness (QED) is 0.298. The van der Waals surface area contributed by atoms with E-state index in [1.54, 1.807) is 0 Å². The maximum absolute atomic E-state index is 5.95. The van der Waals surface area contributed by atoms with Crippen LogP contribution in [0.25, 0.3) is 0 Å². The summed E-state index contributed by atoms with van der Waals surface area (Å²) in [6, 6.07) is 2.47. The summed E-state index contributed by atoms with van der Waals surface area (Å²) in [6.45, 7) is 9.43. The lowest BCUT2D eigenvalue weighted by atomic mass is 9.93. The highest BCUT2D eigenvalue weighted by Crippen LogP contribution is 2.30. The molecule has 2 aliphatic heterocycles. The van der Waals surface area contributed by atoms with Crippen LogP contribution in [0.5, 0.6) is 0 Å². The van der Waals surface area contributed by atoms with E-state index in [0.29, 0.717) is 0 Å². The van der Waals surface area contributed by atoms with Crippen LogP contribution in [0.3, 0.4) is 0 Å². The molecule has 148 valence electrons. The number of hydrogen-bond acceptors (Lipinski definition) is 5. The van der Waals surface area contributed by atoms with Gasteiger partial charge in [0, 0.05) is 26.1 Å². The van der Waals surface area contributed by atoms with Crippen molar-refractivity contribution in [1.29, 1.82) is 0 Å². The minimum atomic E-state index is -0.318. The summed E-state index contributed by atoms with van der Waals surface area (Å²) in [5.41, 5.74) is 0.0922. The summed E-state index contributed by atoms with van der Waals surface area (Å²) < 4.78 is 28.8. The van der Waals surface area contributed by atoms with Gasteiger partial charge in [-0.3, -0.25) is 0 Å². The highest BCUT2D eigenvalue weighted by Gasteiger charge is 2.37. The molecule has 0 radical (unpaired) electrons. The topological polar surface area (TPSA) is 46.2 Å². The second-order valence-corrected chi connectivity index (χ2v) is 11.3. The van der Waals surface area contributed by atoms with Crippen LogP contribution in [0, 0.1) is 0 Å². The molecule has 0 aromatic carbocycles. The molecule has 0 aromatic rings. The van der Waals surface area contributed by atoms with Gasteiger partial charge in [-0.05, 0) is 37.8 Å². The Morgan fingerprint density at radius 2 is 1.24 bits per heavy atom. The molecule has 2 heterocycles. The Balaban J connectivity index is 1.28. The molecular weight excluding hydrogens is 352 g/mol. The fraction of sp³-hybridized carbons (Fsp3) is 1.00. The lowest BCUT2D eigenvalue weighted by Gasteiger charge is -2.40. The molecule has 0 saturated carbocycles. The Bertz CT molecular complexity index is 305. The summed E-state index contributed by atoms with van der Waals surface area (Å²) in [5, 5.41) is 0. The zero-order valence-corrected chi connectivity index (χ0v) is 19.2. The van der Waals surface area contributed by atoms with Gasteiger partial charge >= 0.3 is 0 Å². The summed E-state index contributed by atoms with van der Waals surface area (Å²) in [4.78, 5) is 0. The predicted octanol–water partition coefficient (Wildman–Crippen LogP) is 1.96. The van der Waals surface area contributed by atoms with E-state index in [2.05, 4.69) is 13.8 Å². The first-order valence-corrected chi connectivity index (χ1v) is 13.4.